The number of nitrogens with zero attached hydrogens (tertiary/aromatic N) is 6. The Bertz CT molecular complexity index is 1660. The number of rotatable bonds is 3. The lowest BCUT2D eigenvalue weighted by atomic mass is 10.1. The minimum Gasteiger partial charge on any atom is -0.478 e. The van der Waals surface area contributed by atoms with E-state index in [0.717, 1.165) is 42.4 Å². The summed E-state index contributed by atoms with van der Waals surface area (Å²) >= 11 is 0. The fourth-order valence-corrected chi connectivity index (χ4v) is 4.87. The highest BCUT2D eigenvalue weighted by atomic mass is 35.5. The van der Waals surface area contributed by atoms with Gasteiger partial charge in [-0.25, -0.2) is 4.79 Å². The summed E-state index contributed by atoms with van der Waals surface area (Å²) in [5, 5.41) is 36.6. The number of amides is 1. The highest BCUT2D eigenvalue weighted by Gasteiger charge is 2.25. The topological polar surface area (TPSA) is 176 Å². The maximum atomic E-state index is 12.1. The number of nitrogens with two attached hydrogens (primary N) is 1. The first-order valence-corrected chi connectivity index (χ1v) is 13.0. The monoisotopic (exact) mass is 586 g/mol. The van der Waals surface area contributed by atoms with Crippen LogP contribution in [0.3, 0.4) is 0 Å². The number of fused-ring (bicyclic) bond motifs is 2. The molecule has 2 aliphatic carbocycles. The molecule has 2 aliphatic rings. The smallest absolute Gasteiger partial charge is 0.338 e. The van der Waals surface area contributed by atoms with Crippen LogP contribution < -0.4 is 11.1 Å². The third kappa shape index (κ3) is 7.61. The second-order valence-electron chi connectivity index (χ2n) is 9.87. The molecule has 11 nitrogen and oxygen atoms in total. The van der Waals surface area contributed by atoms with Crippen molar-refractivity contribution in [2.45, 2.75) is 37.8 Å². The number of hydrogen-bond acceptors (Lipinski definition) is 7. The van der Waals surface area contributed by atoms with Gasteiger partial charge in [-0.3, -0.25) is 14.2 Å². The van der Waals surface area contributed by atoms with Gasteiger partial charge in [0.05, 0.1) is 52.8 Å². The van der Waals surface area contributed by atoms with Gasteiger partial charge >= 0.3 is 5.97 Å². The molecule has 4 N–H and O–H groups in total. The van der Waals surface area contributed by atoms with E-state index in [-0.39, 0.29) is 36.0 Å². The van der Waals surface area contributed by atoms with Crippen molar-refractivity contribution in [2.24, 2.45) is 19.8 Å². The summed E-state index contributed by atoms with van der Waals surface area (Å²) in [5.74, 6) is -1.05. The van der Waals surface area contributed by atoms with Crippen molar-refractivity contribution in [2.75, 3.05) is 0 Å². The Morgan fingerprint density at radius 2 is 1.43 bits per heavy atom. The molecule has 4 aromatic rings. The van der Waals surface area contributed by atoms with Crippen molar-refractivity contribution in [3.63, 3.8) is 0 Å². The highest BCUT2D eigenvalue weighted by molar-refractivity contribution is 5.94. The largest absolute Gasteiger partial charge is 0.478 e. The van der Waals surface area contributed by atoms with Crippen molar-refractivity contribution in [1.29, 1.82) is 10.5 Å². The number of carboxylic acids is 1. The molecule has 0 saturated carbocycles. The van der Waals surface area contributed by atoms with Gasteiger partial charge in [0.15, 0.2) is 0 Å². The van der Waals surface area contributed by atoms with Crippen LogP contribution in [0.25, 0.3) is 0 Å². The van der Waals surface area contributed by atoms with Crippen LogP contribution in [0.4, 0.5) is 0 Å². The zero-order valence-electron chi connectivity index (χ0n) is 23.2. The number of carbonyl (C=O) groups excluding carboxylic acids is 1. The predicted molar refractivity (Wildman–Crippen MR) is 157 cm³/mol. The molecule has 6 rings (SSSR count). The lowest BCUT2D eigenvalue weighted by Gasteiger charge is -2.13. The molecule has 0 saturated heterocycles. The summed E-state index contributed by atoms with van der Waals surface area (Å²) < 4.78 is 3.06. The molecule has 2 heterocycles. The van der Waals surface area contributed by atoms with Gasteiger partial charge in [-0.1, -0.05) is 12.1 Å². The normalized spacial score (nSPS) is 15.6. The van der Waals surface area contributed by atoms with Crippen LogP contribution in [-0.4, -0.2) is 36.5 Å². The number of nitriles is 2. The molecule has 0 fully saturated rings. The first kappa shape index (κ1) is 31.6. The van der Waals surface area contributed by atoms with Crippen LogP contribution in [0, 0.1) is 22.7 Å². The van der Waals surface area contributed by atoms with E-state index in [1.807, 2.05) is 30.3 Å². The number of aryl methyl sites for hydroxylation is 4. The average Bonchev–Trinajstić information content (AvgIpc) is 3.77. The molecule has 2 atom stereocenters. The molecular formula is C30H31ClN8O3. The van der Waals surface area contributed by atoms with Gasteiger partial charge in [0, 0.05) is 32.5 Å². The van der Waals surface area contributed by atoms with E-state index in [1.165, 1.54) is 28.2 Å². The molecule has 12 heteroatoms. The Morgan fingerprint density at radius 3 is 1.93 bits per heavy atom. The Kier molecular flexibility index (Phi) is 10.6. The van der Waals surface area contributed by atoms with Crippen LogP contribution in [-0.2, 0) is 26.9 Å². The molecule has 0 radical (unpaired) electrons. The molecule has 1 amide bonds. The second-order valence-corrected chi connectivity index (χ2v) is 9.87. The number of aromatic carboxylic acids is 1. The van der Waals surface area contributed by atoms with Crippen molar-refractivity contribution in [3.05, 3.63) is 106 Å². The van der Waals surface area contributed by atoms with Crippen molar-refractivity contribution in [3.8, 4) is 12.1 Å². The number of carbonyl (C=O) groups is 2. The summed E-state index contributed by atoms with van der Waals surface area (Å²) in [5.41, 5.74) is 12.8. The third-order valence-corrected chi connectivity index (χ3v) is 6.97. The molecular weight excluding hydrogens is 556 g/mol. The van der Waals surface area contributed by atoms with Gasteiger partial charge in [0.1, 0.15) is 0 Å². The molecule has 216 valence electrons. The molecule has 2 aromatic heterocycles. The zero-order chi connectivity index (χ0) is 29.5. The molecule has 0 spiro atoms. The van der Waals surface area contributed by atoms with E-state index in [1.54, 1.807) is 37.2 Å². The SMILES string of the molecule is Cl.Cn1cc(C(=O)N[C@@H]2CCc3cc(C#N)ccc32)cn1.Cn1cc(C(=O)O)cn1.N#Cc1ccc2c(c1)CC[C@H]2N. The molecule has 0 unspecified atom stereocenters. The summed E-state index contributed by atoms with van der Waals surface area (Å²) in [7, 11) is 3.46. The van der Waals surface area contributed by atoms with E-state index < -0.39 is 5.97 Å². The average molecular weight is 587 g/mol. The number of benzene rings is 2. The highest BCUT2D eigenvalue weighted by Crippen LogP contribution is 2.32. The Hall–Kier alpha value is -4.97. The first-order valence-electron chi connectivity index (χ1n) is 13.0. The summed E-state index contributed by atoms with van der Waals surface area (Å²) in [4.78, 5) is 22.3. The standard InChI is InChI=1S/C15H14N4O.C10H10N2.C5H6N2O2.ClH/c1-19-9-12(8-17-19)15(20)18-14-5-3-11-6-10(7-16)2-4-13(11)14;11-6-7-1-3-9-8(5-7)2-4-10(9)12;1-7-3-4(2-6-7)5(8)9;/h2,4,6,8-9,14H,3,5H2,1H3,(H,18,20);1,3,5,10H,2,4,12H2;2-3H,1H3,(H,8,9);1H/t14-;10-;;/m11../s1. The zero-order valence-corrected chi connectivity index (χ0v) is 24.0. The van der Waals surface area contributed by atoms with Crippen LogP contribution in [0.2, 0.25) is 0 Å². The van der Waals surface area contributed by atoms with Gasteiger partial charge in [-0.05, 0) is 72.2 Å². The number of nitrogens with one attached hydrogen (secondary N) is 1. The summed E-state index contributed by atoms with van der Waals surface area (Å²) in [6, 6.07) is 15.9. The summed E-state index contributed by atoms with van der Waals surface area (Å²) in [6.07, 6.45) is 9.81. The molecule has 0 aliphatic heterocycles. The first-order chi connectivity index (χ1) is 19.7. The maximum Gasteiger partial charge on any atom is 0.338 e. The van der Waals surface area contributed by atoms with Gasteiger partial charge < -0.3 is 16.2 Å². The van der Waals surface area contributed by atoms with Crippen molar-refractivity contribution >= 4 is 24.3 Å². The van der Waals surface area contributed by atoms with Crippen LogP contribution in [0.5, 0.6) is 0 Å². The second kappa shape index (κ2) is 14.1. The van der Waals surface area contributed by atoms with Crippen molar-refractivity contribution in [1.82, 2.24) is 24.9 Å². The fraction of sp³-hybridized carbons (Fsp3) is 0.267. The quantitative estimate of drug-likeness (QED) is 0.325. The van der Waals surface area contributed by atoms with Gasteiger partial charge in [0.25, 0.3) is 5.91 Å². The van der Waals surface area contributed by atoms with E-state index in [9.17, 15) is 9.59 Å². The predicted octanol–water partition coefficient (Wildman–Crippen LogP) is 3.75. The van der Waals surface area contributed by atoms with Crippen LogP contribution in [0.1, 0.15) is 79.0 Å². The molecule has 2 aromatic carbocycles. The van der Waals surface area contributed by atoms with E-state index in [0.29, 0.717) is 11.1 Å². The van der Waals surface area contributed by atoms with Gasteiger partial charge in [-0.15, -0.1) is 12.4 Å². The van der Waals surface area contributed by atoms with E-state index in [2.05, 4.69) is 27.7 Å². The number of halogens is 1. The number of carboxylic acid groups (broad SMARTS) is 1. The third-order valence-electron chi connectivity index (χ3n) is 6.97. The Labute approximate surface area is 249 Å². The lowest BCUT2D eigenvalue weighted by molar-refractivity contribution is 0.0696. The minimum atomic E-state index is -0.942. The molecule has 0 bridgehead atoms. The Morgan fingerprint density at radius 1 is 0.905 bits per heavy atom. The van der Waals surface area contributed by atoms with E-state index in [4.69, 9.17) is 21.4 Å². The van der Waals surface area contributed by atoms with Gasteiger partial charge in [0.2, 0.25) is 0 Å². The van der Waals surface area contributed by atoms with Gasteiger partial charge in [-0.2, -0.15) is 20.7 Å². The van der Waals surface area contributed by atoms with Crippen molar-refractivity contribution < 1.29 is 14.7 Å². The maximum absolute atomic E-state index is 12.1. The van der Waals surface area contributed by atoms with Crippen LogP contribution >= 0.6 is 12.4 Å². The number of aromatic nitrogens is 4. The number of hydrogen-bond donors (Lipinski definition) is 3. The fourth-order valence-electron chi connectivity index (χ4n) is 4.87. The molecule has 42 heavy (non-hydrogen) atoms. The summed E-state index contributed by atoms with van der Waals surface area (Å²) in [6.45, 7) is 0. The minimum absolute atomic E-state index is 0. The van der Waals surface area contributed by atoms with Crippen LogP contribution in [0.15, 0.2) is 61.2 Å². The van der Waals surface area contributed by atoms with E-state index >= 15 is 0 Å². The Balaban J connectivity index is 0.000000188. The lowest BCUT2D eigenvalue weighted by Crippen LogP contribution is -2.26.